The van der Waals surface area contributed by atoms with Crippen LogP contribution in [-0.4, -0.2) is 31.3 Å². The van der Waals surface area contributed by atoms with Crippen molar-refractivity contribution in [1.82, 2.24) is 0 Å². The highest BCUT2D eigenvalue weighted by atomic mass is 32.2. The second-order valence-corrected chi connectivity index (χ2v) is 8.38. The zero-order chi connectivity index (χ0) is 24.5. The van der Waals surface area contributed by atoms with Gasteiger partial charge in [-0.2, -0.15) is 0 Å². The van der Waals surface area contributed by atoms with Crippen molar-refractivity contribution in [2.45, 2.75) is 18.2 Å². The van der Waals surface area contributed by atoms with E-state index in [1.165, 1.54) is 25.3 Å². The van der Waals surface area contributed by atoms with E-state index in [4.69, 9.17) is 4.42 Å². The average Bonchev–Trinajstić information content (AvgIpc) is 2.75. The first kappa shape index (κ1) is 23.3. The first-order chi connectivity index (χ1) is 15.4. The predicted octanol–water partition coefficient (Wildman–Crippen LogP) is 2.43. The molecule has 0 radical (unpaired) electrons. The van der Waals surface area contributed by atoms with Crippen molar-refractivity contribution < 1.29 is 32.2 Å². The number of rotatable bonds is 7. The number of hydrogen-bond acceptors (Lipinski definition) is 10. The lowest BCUT2D eigenvalue weighted by atomic mass is 10.0. The Kier molecular flexibility index (Phi) is 6.12. The highest BCUT2D eigenvalue weighted by Gasteiger charge is 2.29. The van der Waals surface area contributed by atoms with Crippen LogP contribution in [-0.2, 0) is 26.0 Å². The molecule has 0 aliphatic heterocycles. The van der Waals surface area contributed by atoms with Crippen LogP contribution >= 0.6 is 0 Å². The molecule has 0 aliphatic carbocycles. The van der Waals surface area contributed by atoms with Crippen molar-refractivity contribution in [3.63, 3.8) is 0 Å². The number of carbonyl (C=O) groups excluding carboxylic acids is 1. The molecule has 1 heterocycles. The molecular weight excluding hydrogens is 462 g/mol. The summed E-state index contributed by atoms with van der Waals surface area (Å²) in [6, 6.07) is 6.08. The first-order valence-electron chi connectivity index (χ1n) is 9.03. The van der Waals surface area contributed by atoms with Crippen LogP contribution in [0.15, 0.2) is 50.5 Å². The summed E-state index contributed by atoms with van der Waals surface area (Å²) in [7, 11) is -3.37. The molecule has 33 heavy (non-hydrogen) atoms. The molecule has 3 aromatic rings. The van der Waals surface area contributed by atoms with Crippen LogP contribution in [0.25, 0.3) is 11.0 Å². The van der Waals surface area contributed by atoms with E-state index >= 15 is 0 Å². The van der Waals surface area contributed by atoms with E-state index in [1.807, 2.05) is 0 Å². The number of fused-ring (bicyclic) bond motifs is 1. The van der Waals surface area contributed by atoms with Crippen LogP contribution in [0.1, 0.15) is 11.1 Å². The van der Waals surface area contributed by atoms with Gasteiger partial charge in [0.2, 0.25) is 0 Å². The maximum Gasteiger partial charge on any atom is 0.340 e. The molecule has 0 unspecified atom stereocenters. The van der Waals surface area contributed by atoms with Gasteiger partial charge in [-0.25, -0.2) is 13.2 Å². The number of nitro groups is 2. The molecule has 0 amide bonds. The van der Waals surface area contributed by atoms with Gasteiger partial charge in [-0.15, -0.1) is 0 Å². The van der Waals surface area contributed by atoms with Gasteiger partial charge in [0.15, 0.2) is 4.90 Å². The van der Waals surface area contributed by atoms with Gasteiger partial charge < -0.3 is 9.15 Å². The van der Waals surface area contributed by atoms with E-state index in [0.717, 1.165) is 12.1 Å². The number of hydrogen-bond donors (Lipinski definition) is 1. The van der Waals surface area contributed by atoms with Crippen molar-refractivity contribution in [3.05, 3.63) is 78.2 Å². The van der Waals surface area contributed by atoms with E-state index in [-0.39, 0.29) is 23.3 Å². The lowest BCUT2D eigenvalue weighted by Crippen LogP contribution is -2.17. The van der Waals surface area contributed by atoms with E-state index in [1.54, 1.807) is 6.92 Å². The van der Waals surface area contributed by atoms with Crippen LogP contribution in [0.5, 0.6) is 0 Å². The van der Waals surface area contributed by atoms with Crippen LogP contribution in [0.2, 0.25) is 0 Å². The third-order valence-corrected chi connectivity index (χ3v) is 6.16. The number of nitrogens with zero attached hydrogens (tertiary/aromatic N) is 2. The monoisotopic (exact) mass is 477 g/mol. The molecule has 2 aromatic carbocycles. The summed E-state index contributed by atoms with van der Waals surface area (Å²) in [6.45, 7) is 1.58. The Balaban J connectivity index is 2.04. The fourth-order valence-electron chi connectivity index (χ4n) is 3.08. The van der Waals surface area contributed by atoms with Gasteiger partial charge in [-0.3, -0.25) is 29.7 Å². The molecule has 0 atom stereocenters. The Morgan fingerprint density at radius 3 is 2.42 bits per heavy atom. The summed E-state index contributed by atoms with van der Waals surface area (Å²) < 4.78 is 37.4. The molecule has 0 saturated carbocycles. The normalized spacial score (nSPS) is 11.2. The standard InChI is InChI=1S/C19H15N3O10S/c1-10-13-5-3-11(7-16(13)32-19(24)14(10)9-18(23)31-2)20-33(29,30)17-6-4-12(21(25)26)8-15(17)22(27)28/h3-8,20H,9H2,1-2H3. The molecule has 1 aromatic heterocycles. The molecule has 1 N–H and O–H groups in total. The molecule has 0 fully saturated rings. The Bertz CT molecular complexity index is 1480. The van der Waals surface area contributed by atoms with Gasteiger partial charge in [-0.05, 0) is 30.7 Å². The SMILES string of the molecule is COC(=O)Cc1c(C)c2ccc(NS(=O)(=O)c3ccc([N+](=O)[O-])cc3[N+](=O)[O-])cc2oc1=O. The molecule has 0 saturated heterocycles. The Labute approximate surface area is 184 Å². The molecule has 14 heteroatoms. The van der Waals surface area contributed by atoms with Crippen LogP contribution in [0, 0.1) is 27.2 Å². The van der Waals surface area contributed by atoms with Crippen molar-refractivity contribution >= 4 is 44.0 Å². The Morgan fingerprint density at radius 1 is 1.12 bits per heavy atom. The lowest BCUT2D eigenvalue weighted by molar-refractivity contribution is -0.396. The number of methoxy groups -OCH3 is 1. The number of esters is 1. The number of carbonyl (C=O) groups is 1. The van der Waals surface area contributed by atoms with Crippen molar-refractivity contribution in [2.75, 3.05) is 11.8 Å². The summed E-state index contributed by atoms with van der Waals surface area (Å²) in [4.78, 5) is 43.2. The van der Waals surface area contributed by atoms with Gasteiger partial charge in [0.05, 0.1) is 40.7 Å². The van der Waals surface area contributed by atoms with Gasteiger partial charge in [0.1, 0.15) is 5.58 Å². The lowest BCUT2D eigenvalue weighted by Gasteiger charge is -2.11. The number of benzene rings is 2. The van der Waals surface area contributed by atoms with Gasteiger partial charge in [0, 0.05) is 17.5 Å². The Morgan fingerprint density at radius 2 is 1.82 bits per heavy atom. The van der Waals surface area contributed by atoms with Crippen molar-refractivity contribution in [1.29, 1.82) is 0 Å². The van der Waals surface area contributed by atoms with Crippen LogP contribution in [0.4, 0.5) is 17.1 Å². The molecule has 3 rings (SSSR count). The molecule has 172 valence electrons. The predicted molar refractivity (Wildman–Crippen MR) is 114 cm³/mol. The molecule has 0 spiro atoms. The fourth-order valence-corrected chi connectivity index (χ4v) is 4.28. The van der Waals surface area contributed by atoms with Crippen LogP contribution < -0.4 is 10.3 Å². The second kappa shape index (κ2) is 8.66. The topological polar surface area (TPSA) is 189 Å². The molecule has 0 bridgehead atoms. The summed E-state index contributed by atoms with van der Waals surface area (Å²) in [5.41, 5.74) is -1.99. The third kappa shape index (κ3) is 4.64. The minimum atomic E-state index is -4.54. The molecular formula is C19H15N3O10S. The highest BCUT2D eigenvalue weighted by molar-refractivity contribution is 7.92. The van der Waals surface area contributed by atoms with E-state index < -0.39 is 47.7 Å². The van der Waals surface area contributed by atoms with Gasteiger partial charge in [-0.1, -0.05) is 0 Å². The summed E-state index contributed by atoms with van der Waals surface area (Å²) >= 11 is 0. The maximum absolute atomic E-state index is 12.8. The Hall–Kier alpha value is -4.33. The first-order valence-corrected chi connectivity index (χ1v) is 10.5. The number of nitrogens with one attached hydrogen (secondary N) is 1. The number of non-ortho nitro benzene ring substituents is 1. The number of aryl methyl sites for hydroxylation is 1. The largest absolute Gasteiger partial charge is 0.469 e. The second-order valence-electron chi connectivity index (χ2n) is 6.73. The molecule has 13 nitrogen and oxygen atoms in total. The van der Waals surface area contributed by atoms with Gasteiger partial charge >= 0.3 is 11.6 Å². The fraction of sp³-hybridized carbons (Fsp3) is 0.158. The van der Waals surface area contributed by atoms with Crippen LogP contribution in [0.3, 0.4) is 0 Å². The van der Waals surface area contributed by atoms with E-state index in [9.17, 15) is 38.2 Å². The highest BCUT2D eigenvalue weighted by Crippen LogP contribution is 2.31. The average molecular weight is 477 g/mol. The summed E-state index contributed by atoms with van der Waals surface area (Å²) in [5.74, 6) is -0.640. The summed E-state index contributed by atoms with van der Waals surface area (Å²) in [5, 5.41) is 22.6. The minimum Gasteiger partial charge on any atom is -0.469 e. The third-order valence-electron chi connectivity index (χ3n) is 4.73. The van der Waals surface area contributed by atoms with E-state index in [2.05, 4.69) is 9.46 Å². The quantitative estimate of drug-likeness (QED) is 0.229. The molecule has 0 aliphatic rings. The minimum absolute atomic E-state index is 0.00418. The van der Waals surface area contributed by atoms with Crippen molar-refractivity contribution in [2.24, 2.45) is 0 Å². The van der Waals surface area contributed by atoms with Crippen molar-refractivity contribution in [3.8, 4) is 0 Å². The number of anilines is 1. The number of ether oxygens (including phenoxy) is 1. The zero-order valence-corrected chi connectivity index (χ0v) is 17.9. The zero-order valence-electron chi connectivity index (χ0n) is 17.1. The van der Waals surface area contributed by atoms with E-state index in [0.29, 0.717) is 17.0 Å². The smallest absolute Gasteiger partial charge is 0.340 e. The number of nitro benzene ring substituents is 2. The maximum atomic E-state index is 12.8. The number of sulfonamides is 1. The van der Waals surface area contributed by atoms with Gasteiger partial charge in [0.25, 0.3) is 21.4 Å². The summed E-state index contributed by atoms with van der Waals surface area (Å²) in [6.07, 6.45) is -0.307.